The molecule has 1 N–H and O–H groups in total. The van der Waals surface area contributed by atoms with Crippen molar-refractivity contribution < 1.29 is 14.3 Å². The summed E-state index contributed by atoms with van der Waals surface area (Å²) in [6.07, 6.45) is 0.193. The number of thiocyanates is 1. The zero-order valence-electron chi connectivity index (χ0n) is 14.0. The number of benzene rings is 2. The van der Waals surface area contributed by atoms with Gasteiger partial charge in [-0.1, -0.05) is 11.6 Å². The molecule has 25 heavy (non-hydrogen) atoms. The van der Waals surface area contributed by atoms with Gasteiger partial charge >= 0.3 is 0 Å². The third-order valence-corrected chi connectivity index (χ3v) is 4.14. The first-order valence-corrected chi connectivity index (χ1v) is 8.49. The van der Waals surface area contributed by atoms with E-state index in [2.05, 4.69) is 5.32 Å². The molecule has 0 radical (unpaired) electrons. The van der Waals surface area contributed by atoms with E-state index in [1.54, 1.807) is 36.4 Å². The minimum atomic E-state index is -0.236. The van der Waals surface area contributed by atoms with Gasteiger partial charge in [0, 0.05) is 23.4 Å². The number of rotatable bonds is 7. The lowest BCUT2D eigenvalue weighted by molar-refractivity contribution is -0.116. The number of anilines is 1. The Kier molecular flexibility index (Phi) is 6.61. The molecule has 1 amide bonds. The van der Waals surface area contributed by atoms with Crippen LogP contribution in [0.1, 0.15) is 28.8 Å². The van der Waals surface area contributed by atoms with Crippen molar-refractivity contribution in [2.45, 2.75) is 24.7 Å². The number of Topliss-reactive ketones (excluding diaryl/α,β-unsaturated/α-hetero) is 1. The Morgan fingerprint density at radius 3 is 2.52 bits per heavy atom. The molecule has 0 heterocycles. The molecule has 2 rings (SSSR count). The van der Waals surface area contributed by atoms with Crippen molar-refractivity contribution in [1.29, 1.82) is 5.26 Å². The number of thioether (sulfide) groups is 1. The molecule has 0 fully saturated rings. The van der Waals surface area contributed by atoms with E-state index in [9.17, 15) is 9.59 Å². The second-order valence-corrected chi connectivity index (χ2v) is 6.25. The molecule has 0 aliphatic heterocycles. The number of hydrogen-bond acceptors (Lipinski definition) is 5. The van der Waals surface area contributed by atoms with Crippen LogP contribution < -0.4 is 10.1 Å². The Hall–Kier alpha value is -2.78. The van der Waals surface area contributed by atoms with Crippen LogP contribution in [0.15, 0.2) is 47.4 Å². The molecule has 2 aromatic carbocycles. The Balaban J connectivity index is 1.92. The number of ether oxygens (including phenoxy) is 1. The fourth-order valence-electron chi connectivity index (χ4n) is 2.28. The van der Waals surface area contributed by atoms with Crippen molar-refractivity contribution in [3.63, 3.8) is 0 Å². The molecule has 6 heteroatoms. The largest absolute Gasteiger partial charge is 0.496 e. The van der Waals surface area contributed by atoms with Crippen LogP contribution in [-0.2, 0) is 4.79 Å². The molecule has 0 atom stereocenters. The third-order valence-electron chi connectivity index (χ3n) is 3.54. The lowest BCUT2D eigenvalue weighted by Crippen LogP contribution is -2.14. The van der Waals surface area contributed by atoms with Gasteiger partial charge in [0.15, 0.2) is 5.78 Å². The van der Waals surface area contributed by atoms with Gasteiger partial charge in [0.1, 0.15) is 11.2 Å². The van der Waals surface area contributed by atoms with E-state index in [-0.39, 0.29) is 24.5 Å². The molecule has 0 bridgehead atoms. The fraction of sp³-hybridized carbons (Fsp3) is 0.211. The number of methoxy groups -OCH3 is 1. The molecule has 0 saturated heterocycles. The predicted octanol–water partition coefficient (Wildman–Crippen LogP) is 4.18. The maximum Gasteiger partial charge on any atom is 0.224 e. The van der Waals surface area contributed by atoms with Crippen LogP contribution in [0.4, 0.5) is 5.69 Å². The van der Waals surface area contributed by atoms with Gasteiger partial charge in [-0.3, -0.25) is 9.59 Å². The van der Waals surface area contributed by atoms with Gasteiger partial charge in [-0.2, -0.15) is 5.26 Å². The van der Waals surface area contributed by atoms with Gasteiger partial charge in [0.2, 0.25) is 5.91 Å². The lowest BCUT2D eigenvalue weighted by atomic mass is 10.0. The van der Waals surface area contributed by atoms with Gasteiger partial charge < -0.3 is 10.1 Å². The average molecular weight is 354 g/mol. The van der Waals surface area contributed by atoms with Crippen molar-refractivity contribution >= 4 is 29.1 Å². The number of aryl methyl sites for hydroxylation is 1. The summed E-state index contributed by atoms with van der Waals surface area (Å²) in [5.41, 5.74) is 2.09. The number of carbonyl (C=O) groups excluding carboxylic acids is 2. The number of nitriles is 1. The Labute approximate surface area is 151 Å². The van der Waals surface area contributed by atoms with Gasteiger partial charge in [-0.15, -0.1) is 0 Å². The van der Waals surface area contributed by atoms with Crippen LogP contribution in [-0.4, -0.2) is 18.8 Å². The molecule has 0 saturated carbocycles. The van der Waals surface area contributed by atoms with E-state index in [1.807, 2.05) is 18.4 Å². The van der Waals surface area contributed by atoms with Crippen molar-refractivity contribution in [3.05, 3.63) is 53.6 Å². The standard InChI is InChI=1S/C19H18N2O3S/c1-13-3-9-18(24-2)16(11-13)17(22)8-10-19(23)21-14-4-6-15(7-5-14)25-12-20/h3-7,9,11H,8,10H2,1-2H3,(H,21,23). The number of nitrogens with zero attached hydrogens (tertiary/aromatic N) is 1. The van der Waals surface area contributed by atoms with Crippen LogP contribution >= 0.6 is 11.8 Å². The minimum Gasteiger partial charge on any atom is -0.496 e. The first kappa shape index (κ1) is 18.6. The zero-order valence-corrected chi connectivity index (χ0v) is 14.9. The van der Waals surface area contributed by atoms with E-state index in [0.29, 0.717) is 17.0 Å². The molecule has 5 nitrogen and oxygen atoms in total. The highest BCUT2D eigenvalue weighted by Gasteiger charge is 2.14. The van der Waals surface area contributed by atoms with Crippen LogP contribution in [0.2, 0.25) is 0 Å². The Morgan fingerprint density at radius 1 is 1.16 bits per heavy atom. The van der Waals surface area contributed by atoms with E-state index >= 15 is 0 Å². The highest BCUT2D eigenvalue weighted by Crippen LogP contribution is 2.22. The van der Waals surface area contributed by atoms with Crippen LogP contribution in [0.5, 0.6) is 5.75 Å². The molecule has 0 spiro atoms. The molecular formula is C19H18N2O3S. The molecule has 128 valence electrons. The predicted molar refractivity (Wildman–Crippen MR) is 97.8 cm³/mol. The zero-order chi connectivity index (χ0) is 18.2. The molecular weight excluding hydrogens is 336 g/mol. The number of nitrogens with one attached hydrogen (secondary N) is 1. The number of ketones is 1. The van der Waals surface area contributed by atoms with Gasteiger partial charge in [0.25, 0.3) is 0 Å². The summed E-state index contributed by atoms with van der Waals surface area (Å²) in [4.78, 5) is 25.2. The second kappa shape index (κ2) is 8.90. The highest BCUT2D eigenvalue weighted by molar-refractivity contribution is 8.03. The summed E-state index contributed by atoms with van der Waals surface area (Å²) < 4.78 is 5.21. The van der Waals surface area contributed by atoms with Crippen molar-refractivity contribution in [2.24, 2.45) is 0 Å². The smallest absolute Gasteiger partial charge is 0.224 e. The molecule has 0 aliphatic rings. The van der Waals surface area contributed by atoms with Crippen molar-refractivity contribution in [3.8, 4) is 11.2 Å². The molecule has 0 aromatic heterocycles. The summed E-state index contributed by atoms with van der Waals surface area (Å²) in [6, 6.07) is 12.4. The summed E-state index contributed by atoms with van der Waals surface area (Å²) in [5, 5.41) is 13.3. The van der Waals surface area contributed by atoms with Crippen LogP contribution in [0, 0.1) is 17.6 Å². The van der Waals surface area contributed by atoms with Crippen LogP contribution in [0.25, 0.3) is 0 Å². The highest BCUT2D eigenvalue weighted by atomic mass is 32.2. The second-order valence-electron chi connectivity index (χ2n) is 5.39. The number of carbonyl (C=O) groups is 2. The number of hydrogen-bond donors (Lipinski definition) is 1. The Bertz CT molecular complexity index is 810. The monoisotopic (exact) mass is 354 g/mol. The quantitative estimate of drug-likeness (QED) is 0.458. The summed E-state index contributed by atoms with van der Waals surface area (Å²) in [6.45, 7) is 1.90. The Morgan fingerprint density at radius 2 is 1.88 bits per heavy atom. The van der Waals surface area contributed by atoms with Gasteiger partial charge in [-0.05, 0) is 55.1 Å². The maximum atomic E-state index is 12.4. The normalized spacial score (nSPS) is 9.96. The molecule has 0 aliphatic carbocycles. The average Bonchev–Trinajstić information content (AvgIpc) is 2.61. The first-order valence-electron chi connectivity index (χ1n) is 7.67. The first-order chi connectivity index (χ1) is 12.0. The lowest BCUT2D eigenvalue weighted by Gasteiger charge is -2.09. The van der Waals surface area contributed by atoms with Gasteiger partial charge in [-0.25, -0.2) is 0 Å². The summed E-state index contributed by atoms with van der Waals surface area (Å²) in [5.74, 6) is 0.152. The number of amides is 1. The summed E-state index contributed by atoms with van der Waals surface area (Å²) in [7, 11) is 1.52. The van der Waals surface area contributed by atoms with E-state index in [0.717, 1.165) is 22.2 Å². The van der Waals surface area contributed by atoms with E-state index < -0.39 is 0 Å². The fourth-order valence-corrected chi connectivity index (χ4v) is 2.66. The van der Waals surface area contributed by atoms with Crippen molar-refractivity contribution in [1.82, 2.24) is 0 Å². The van der Waals surface area contributed by atoms with E-state index in [1.165, 1.54) is 7.11 Å². The van der Waals surface area contributed by atoms with Crippen LogP contribution in [0.3, 0.4) is 0 Å². The SMILES string of the molecule is COc1ccc(C)cc1C(=O)CCC(=O)Nc1ccc(SC#N)cc1. The van der Waals surface area contributed by atoms with E-state index in [4.69, 9.17) is 10.00 Å². The van der Waals surface area contributed by atoms with Crippen molar-refractivity contribution in [2.75, 3.05) is 12.4 Å². The minimum absolute atomic E-state index is 0.0879. The third kappa shape index (κ3) is 5.37. The molecule has 0 unspecified atom stereocenters. The molecule has 2 aromatic rings. The maximum absolute atomic E-state index is 12.4. The van der Waals surface area contributed by atoms with Gasteiger partial charge in [0.05, 0.1) is 12.7 Å². The topological polar surface area (TPSA) is 79.2 Å². The summed E-state index contributed by atoms with van der Waals surface area (Å²) >= 11 is 1.06.